The van der Waals surface area contributed by atoms with E-state index in [4.69, 9.17) is 16.6 Å². The van der Waals surface area contributed by atoms with Gasteiger partial charge in [-0.15, -0.1) is 0 Å². The van der Waals surface area contributed by atoms with E-state index in [9.17, 15) is 4.79 Å². The molecule has 0 amide bonds. The molecule has 0 saturated carbocycles. The van der Waals surface area contributed by atoms with Gasteiger partial charge in [-0.3, -0.25) is 14.9 Å². The molecule has 0 aliphatic rings. The van der Waals surface area contributed by atoms with E-state index in [2.05, 4.69) is 15.2 Å². The van der Waals surface area contributed by atoms with Gasteiger partial charge in [0.1, 0.15) is 5.69 Å². The molecule has 2 heterocycles. The maximum Gasteiger partial charge on any atom is 0.280 e. The Morgan fingerprint density at radius 1 is 1.62 bits per heavy atom. The predicted octanol–water partition coefficient (Wildman–Crippen LogP) is 1.14. The molecular formula is C7H7N3O2S. The molecule has 0 unspecified atom stereocenters. The zero-order valence-electron chi connectivity index (χ0n) is 6.88. The van der Waals surface area contributed by atoms with Crippen molar-refractivity contribution in [3.63, 3.8) is 0 Å². The van der Waals surface area contributed by atoms with Gasteiger partial charge in [0.25, 0.3) is 10.4 Å². The van der Waals surface area contributed by atoms with Crippen molar-refractivity contribution < 1.29 is 4.42 Å². The lowest BCUT2D eigenvalue weighted by Crippen LogP contribution is -2.05. The molecular weight excluding hydrogens is 190 g/mol. The van der Waals surface area contributed by atoms with Crippen molar-refractivity contribution in [2.75, 3.05) is 0 Å². The van der Waals surface area contributed by atoms with Gasteiger partial charge in [-0.25, -0.2) is 0 Å². The molecule has 5 nitrogen and oxygen atoms in total. The van der Waals surface area contributed by atoms with Crippen LogP contribution in [0.2, 0.25) is 0 Å². The molecule has 0 radical (unpaired) electrons. The molecule has 0 fully saturated rings. The number of aromatic nitrogens is 3. The molecule has 68 valence electrons. The molecule has 0 aromatic carbocycles. The second kappa shape index (κ2) is 2.81. The van der Waals surface area contributed by atoms with Gasteiger partial charge in [-0.05, 0) is 18.6 Å². The molecule has 0 bridgehead atoms. The first kappa shape index (κ1) is 8.18. The number of nitrogens with one attached hydrogen (secondary N) is 2. The van der Waals surface area contributed by atoms with Crippen LogP contribution in [0.5, 0.6) is 0 Å². The normalized spacial score (nSPS) is 10.8. The van der Waals surface area contributed by atoms with Gasteiger partial charge in [-0.1, -0.05) is 6.92 Å². The lowest BCUT2D eigenvalue weighted by molar-refractivity contribution is 0.553. The Hall–Kier alpha value is -1.43. The lowest BCUT2D eigenvalue weighted by atomic mass is 10.3. The van der Waals surface area contributed by atoms with Gasteiger partial charge < -0.3 is 4.42 Å². The number of H-pyrrole nitrogens is 2. The second-order valence-corrected chi connectivity index (χ2v) is 2.94. The fourth-order valence-electron chi connectivity index (χ4n) is 1.15. The first-order valence-electron chi connectivity index (χ1n) is 3.82. The summed E-state index contributed by atoms with van der Waals surface area (Å²) in [5, 5.41) is 6.53. The fraction of sp³-hybridized carbons (Fsp3) is 0.286. The Kier molecular flexibility index (Phi) is 1.77. The summed E-state index contributed by atoms with van der Waals surface area (Å²) in [4.78, 5) is 13.7. The van der Waals surface area contributed by atoms with E-state index in [0.717, 1.165) is 0 Å². The van der Waals surface area contributed by atoms with Crippen molar-refractivity contribution >= 4 is 23.3 Å². The van der Waals surface area contributed by atoms with E-state index in [1.54, 1.807) is 0 Å². The Morgan fingerprint density at radius 2 is 2.38 bits per heavy atom. The van der Waals surface area contributed by atoms with E-state index in [1.165, 1.54) is 0 Å². The Morgan fingerprint density at radius 3 is 3.08 bits per heavy atom. The van der Waals surface area contributed by atoms with Crippen molar-refractivity contribution in [1.82, 2.24) is 15.2 Å². The third-order valence-corrected chi connectivity index (χ3v) is 1.95. The third kappa shape index (κ3) is 1.19. The molecule has 0 saturated heterocycles. The summed E-state index contributed by atoms with van der Waals surface area (Å²) in [5.74, 6) is 0. The van der Waals surface area contributed by atoms with Crippen molar-refractivity contribution in [2.45, 2.75) is 13.3 Å². The zero-order chi connectivity index (χ0) is 9.42. The molecule has 2 aromatic heterocycles. The highest BCUT2D eigenvalue weighted by atomic mass is 32.1. The second-order valence-electron chi connectivity index (χ2n) is 2.57. The van der Waals surface area contributed by atoms with E-state index >= 15 is 0 Å². The molecule has 0 aliphatic carbocycles. The van der Waals surface area contributed by atoms with Crippen LogP contribution in [0.25, 0.3) is 11.1 Å². The highest BCUT2D eigenvalue weighted by molar-refractivity contribution is 7.71. The van der Waals surface area contributed by atoms with Crippen LogP contribution in [0.1, 0.15) is 12.6 Å². The van der Waals surface area contributed by atoms with Crippen LogP contribution < -0.4 is 5.56 Å². The molecule has 13 heavy (non-hydrogen) atoms. The number of aryl methyl sites for hydroxylation is 1. The number of nitrogens with zero attached hydrogens (tertiary/aromatic N) is 1. The van der Waals surface area contributed by atoms with Crippen LogP contribution in [0.4, 0.5) is 0 Å². The third-order valence-electron chi connectivity index (χ3n) is 1.76. The number of hydrogen-bond donors (Lipinski definition) is 2. The van der Waals surface area contributed by atoms with Gasteiger partial charge in [0, 0.05) is 0 Å². The number of hydrogen-bond acceptors (Lipinski definition) is 4. The molecule has 6 heteroatoms. The topological polar surface area (TPSA) is 74.7 Å². The summed E-state index contributed by atoms with van der Waals surface area (Å²) in [6, 6.07) is 0. The van der Waals surface area contributed by atoms with E-state index in [1.807, 2.05) is 6.92 Å². The monoisotopic (exact) mass is 197 g/mol. The zero-order valence-corrected chi connectivity index (χ0v) is 7.70. The van der Waals surface area contributed by atoms with Crippen LogP contribution in [-0.4, -0.2) is 15.2 Å². The minimum Gasteiger partial charge on any atom is -0.427 e. The van der Waals surface area contributed by atoms with Gasteiger partial charge >= 0.3 is 0 Å². The Labute approximate surface area is 77.8 Å². The Bertz CT molecular complexity index is 551. The summed E-state index contributed by atoms with van der Waals surface area (Å²) in [5.41, 5.74) is 1.22. The largest absolute Gasteiger partial charge is 0.427 e. The van der Waals surface area contributed by atoms with Crippen molar-refractivity contribution in [3.05, 3.63) is 20.9 Å². The van der Waals surface area contributed by atoms with Gasteiger partial charge in [-0.2, -0.15) is 5.10 Å². The highest BCUT2D eigenvalue weighted by Gasteiger charge is 2.08. The quantitative estimate of drug-likeness (QED) is 0.672. The fourth-order valence-corrected chi connectivity index (χ4v) is 1.32. The van der Waals surface area contributed by atoms with Crippen LogP contribution >= 0.6 is 12.2 Å². The van der Waals surface area contributed by atoms with Crippen molar-refractivity contribution in [1.29, 1.82) is 0 Å². The summed E-state index contributed by atoms with van der Waals surface area (Å²) < 4.78 is 5.17. The minimum absolute atomic E-state index is 0.0774. The first-order valence-corrected chi connectivity index (χ1v) is 4.23. The molecule has 0 atom stereocenters. The standard InChI is InChI=1S/C7H7N3O2S/c1-2-3-5-4(10-9-3)6(11)8-7(13)12-5/h2H2,1H3,(H,9,10)(H,8,11,13). The maximum absolute atomic E-state index is 11.3. The molecule has 2 N–H and O–H groups in total. The van der Waals surface area contributed by atoms with Gasteiger partial charge in [0.15, 0.2) is 11.1 Å². The number of aromatic amines is 2. The predicted molar refractivity (Wildman–Crippen MR) is 49.2 cm³/mol. The Balaban J connectivity index is 2.98. The lowest BCUT2D eigenvalue weighted by Gasteiger charge is -1.89. The molecule has 0 aliphatic heterocycles. The molecule has 0 spiro atoms. The summed E-state index contributed by atoms with van der Waals surface area (Å²) >= 11 is 4.74. The smallest absolute Gasteiger partial charge is 0.280 e. The first-order chi connectivity index (χ1) is 6.22. The van der Waals surface area contributed by atoms with Gasteiger partial charge in [0.2, 0.25) is 0 Å². The van der Waals surface area contributed by atoms with E-state index in [-0.39, 0.29) is 10.4 Å². The SMILES string of the molecule is CCc1n[nH]c2c(=O)[nH]c(=S)oc12. The minimum atomic E-state index is -0.293. The molecule has 2 rings (SSSR count). The van der Waals surface area contributed by atoms with Crippen molar-refractivity contribution in [3.8, 4) is 0 Å². The molecule has 2 aromatic rings. The summed E-state index contributed by atoms with van der Waals surface area (Å²) in [6.07, 6.45) is 0.696. The van der Waals surface area contributed by atoms with Crippen LogP contribution in [0.15, 0.2) is 9.21 Å². The van der Waals surface area contributed by atoms with Crippen molar-refractivity contribution in [2.24, 2.45) is 0 Å². The average molecular weight is 197 g/mol. The number of fused-ring (bicyclic) bond motifs is 1. The van der Waals surface area contributed by atoms with Gasteiger partial charge in [0.05, 0.1) is 0 Å². The van der Waals surface area contributed by atoms with Crippen LogP contribution in [0, 0.1) is 4.84 Å². The van der Waals surface area contributed by atoms with Crippen LogP contribution in [-0.2, 0) is 6.42 Å². The van der Waals surface area contributed by atoms with Crippen LogP contribution in [0.3, 0.4) is 0 Å². The van der Waals surface area contributed by atoms with E-state index in [0.29, 0.717) is 23.2 Å². The highest BCUT2D eigenvalue weighted by Crippen LogP contribution is 2.11. The van der Waals surface area contributed by atoms with E-state index < -0.39 is 0 Å². The summed E-state index contributed by atoms with van der Waals surface area (Å²) in [6.45, 7) is 1.93. The average Bonchev–Trinajstić information content (AvgIpc) is 2.47. The summed E-state index contributed by atoms with van der Waals surface area (Å²) in [7, 11) is 0. The maximum atomic E-state index is 11.3. The number of rotatable bonds is 1.